The number of nitrogens with one attached hydrogen (secondary N) is 3. The number of aromatic amines is 1. The van der Waals surface area contributed by atoms with Crippen LogP contribution < -0.4 is 22.1 Å². The summed E-state index contributed by atoms with van der Waals surface area (Å²) in [5.41, 5.74) is 12.7. The van der Waals surface area contributed by atoms with E-state index in [1.54, 1.807) is 0 Å². The molecule has 2 fully saturated rings. The van der Waals surface area contributed by atoms with Gasteiger partial charge in [-0.1, -0.05) is 38.5 Å². The van der Waals surface area contributed by atoms with Crippen molar-refractivity contribution in [2.24, 2.45) is 22.4 Å². The highest BCUT2D eigenvalue weighted by Crippen LogP contribution is 2.24. The number of esters is 1. The van der Waals surface area contributed by atoms with Gasteiger partial charge >= 0.3 is 5.97 Å². The zero-order chi connectivity index (χ0) is 30.9. The minimum Gasteiger partial charge on any atom is -0.460 e. The summed E-state index contributed by atoms with van der Waals surface area (Å²) < 4.78 is 5.89. The molecule has 0 saturated carbocycles. The highest BCUT2D eigenvalue weighted by atomic mass is 16.5. The van der Waals surface area contributed by atoms with Gasteiger partial charge in [0.1, 0.15) is 24.2 Å². The van der Waals surface area contributed by atoms with Crippen LogP contribution in [0.15, 0.2) is 35.5 Å². The number of H-pyrrole nitrogens is 1. The normalized spacial score (nSPS) is 23.6. The summed E-state index contributed by atoms with van der Waals surface area (Å²) in [5.74, 6) is -1.32. The van der Waals surface area contributed by atoms with Crippen LogP contribution in [0.2, 0.25) is 0 Å². The first kappa shape index (κ1) is 31.8. The standard InChI is InChI=1S/C31H45N7O5/c1-19(2)8-5-9-21-17-27(39)36-25(16-20-18-35-23-11-4-3-10-22(20)23)29(41)38-15-7-13-26(38)28(40)37-24(30(42)43-21)12-6-14-34-31(32)33/h3-4,10-11,18-19,21,24-26,35H,5-9,12-17H2,1-2H3,(H,36,39)(H,37,40)(H4,32,33,34)/t21-,24+,25-,26+/m1/s1. The molecule has 0 spiro atoms. The number of hydrogen-bond donors (Lipinski definition) is 5. The van der Waals surface area contributed by atoms with E-state index in [-0.39, 0.29) is 43.6 Å². The first-order valence-corrected chi connectivity index (χ1v) is 15.3. The molecule has 0 unspecified atom stereocenters. The number of carbonyl (C=O) groups excluding carboxylic acids is 4. The number of nitrogens with two attached hydrogens (primary N) is 2. The number of nitrogens with zero attached hydrogens (tertiary/aromatic N) is 2. The second kappa shape index (κ2) is 14.9. The summed E-state index contributed by atoms with van der Waals surface area (Å²) in [7, 11) is 0. The molecule has 7 N–H and O–H groups in total. The minimum absolute atomic E-state index is 0.0555. The quantitative estimate of drug-likeness (QED) is 0.120. The Bertz CT molecular complexity index is 1320. The van der Waals surface area contributed by atoms with Gasteiger partial charge in [0.05, 0.1) is 6.42 Å². The summed E-state index contributed by atoms with van der Waals surface area (Å²) in [5, 5.41) is 6.75. The molecule has 43 heavy (non-hydrogen) atoms. The molecule has 2 aliphatic heterocycles. The van der Waals surface area contributed by atoms with Crippen molar-refractivity contribution in [2.75, 3.05) is 13.1 Å². The third-order valence-corrected chi connectivity index (χ3v) is 8.12. The number of fused-ring (bicyclic) bond motifs is 2. The maximum absolute atomic E-state index is 14.0. The highest BCUT2D eigenvalue weighted by molar-refractivity contribution is 5.95. The zero-order valence-electron chi connectivity index (χ0n) is 25.1. The van der Waals surface area contributed by atoms with Crippen LogP contribution in [0.25, 0.3) is 10.9 Å². The Labute approximate surface area is 252 Å². The molecular weight excluding hydrogens is 550 g/mol. The molecule has 2 saturated heterocycles. The number of aliphatic imine (C=N–C) groups is 1. The number of carbonyl (C=O) groups is 4. The summed E-state index contributed by atoms with van der Waals surface area (Å²) >= 11 is 0. The lowest BCUT2D eigenvalue weighted by Crippen LogP contribution is -2.55. The van der Waals surface area contributed by atoms with Gasteiger partial charge in [0.2, 0.25) is 17.7 Å². The molecule has 3 amide bonds. The lowest BCUT2D eigenvalue weighted by atomic mass is 10.0. The Morgan fingerprint density at radius 1 is 1.07 bits per heavy atom. The van der Waals surface area contributed by atoms with E-state index in [2.05, 4.69) is 34.5 Å². The van der Waals surface area contributed by atoms with Crippen molar-refractivity contribution < 1.29 is 23.9 Å². The number of cyclic esters (lactones) is 1. The highest BCUT2D eigenvalue weighted by Gasteiger charge is 2.40. The number of hydrogen-bond acceptors (Lipinski definition) is 6. The molecule has 4 rings (SSSR count). The number of amides is 3. The van der Waals surface area contributed by atoms with Crippen molar-refractivity contribution in [3.05, 3.63) is 36.0 Å². The van der Waals surface area contributed by atoms with Gasteiger partial charge in [0.25, 0.3) is 0 Å². The third-order valence-electron chi connectivity index (χ3n) is 8.12. The second-order valence-corrected chi connectivity index (χ2v) is 12.0. The largest absolute Gasteiger partial charge is 0.460 e. The molecule has 12 nitrogen and oxygen atoms in total. The van der Waals surface area contributed by atoms with Crippen LogP contribution in [0.5, 0.6) is 0 Å². The maximum Gasteiger partial charge on any atom is 0.328 e. The molecule has 1 aromatic heterocycles. The fourth-order valence-electron chi connectivity index (χ4n) is 5.91. The number of benzene rings is 1. The van der Waals surface area contributed by atoms with Crippen LogP contribution in [-0.2, 0) is 30.3 Å². The molecule has 2 aliphatic rings. The van der Waals surface area contributed by atoms with Crippen molar-refractivity contribution in [1.29, 1.82) is 0 Å². The molecule has 0 bridgehead atoms. The number of guanidine groups is 1. The van der Waals surface area contributed by atoms with Crippen molar-refractivity contribution in [2.45, 2.75) is 95.9 Å². The predicted molar refractivity (Wildman–Crippen MR) is 164 cm³/mol. The molecule has 234 valence electrons. The van der Waals surface area contributed by atoms with Crippen molar-refractivity contribution in [3.63, 3.8) is 0 Å². The molecular formula is C31H45N7O5. The van der Waals surface area contributed by atoms with E-state index in [0.29, 0.717) is 38.1 Å². The van der Waals surface area contributed by atoms with E-state index in [1.165, 1.54) is 4.90 Å². The number of aromatic nitrogens is 1. The fourth-order valence-corrected chi connectivity index (χ4v) is 5.91. The molecule has 0 radical (unpaired) electrons. The topological polar surface area (TPSA) is 185 Å². The van der Waals surface area contributed by atoms with Gasteiger partial charge in [-0.15, -0.1) is 0 Å². The van der Waals surface area contributed by atoms with E-state index in [1.807, 2.05) is 30.5 Å². The van der Waals surface area contributed by atoms with Crippen molar-refractivity contribution in [1.82, 2.24) is 20.5 Å². The van der Waals surface area contributed by atoms with Gasteiger partial charge in [-0.3, -0.25) is 19.4 Å². The van der Waals surface area contributed by atoms with Crippen LogP contribution >= 0.6 is 0 Å². The van der Waals surface area contributed by atoms with Crippen molar-refractivity contribution in [3.8, 4) is 0 Å². The minimum atomic E-state index is -0.960. The Hall–Kier alpha value is -4.09. The first-order valence-electron chi connectivity index (χ1n) is 15.3. The van der Waals surface area contributed by atoms with Crippen LogP contribution in [0.4, 0.5) is 0 Å². The summed E-state index contributed by atoms with van der Waals surface area (Å²) in [6.45, 7) is 4.89. The van der Waals surface area contributed by atoms with Crippen LogP contribution in [0, 0.1) is 5.92 Å². The predicted octanol–water partition coefficient (Wildman–Crippen LogP) is 1.87. The Morgan fingerprint density at radius 3 is 2.63 bits per heavy atom. The van der Waals surface area contributed by atoms with Gasteiger partial charge in [-0.05, 0) is 56.1 Å². The lowest BCUT2D eigenvalue weighted by molar-refractivity contribution is -0.155. The Balaban J connectivity index is 1.61. The SMILES string of the molecule is CC(C)CCC[C@@H]1CC(=O)N[C@H](Cc2c[nH]c3ccccc23)C(=O)N2CCC[C@H]2C(=O)N[C@@H](CCCN=C(N)N)C(=O)O1. The van der Waals surface area contributed by atoms with Gasteiger partial charge in [0, 0.05) is 36.6 Å². The van der Waals surface area contributed by atoms with E-state index in [4.69, 9.17) is 16.2 Å². The molecule has 2 aromatic rings. The Kier molecular flexibility index (Phi) is 11.0. The molecule has 12 heteroatoms. The van der Waals surface area contributed by atoms with Crippen LogP contribution in [-0.4, -0.2) is 76.9 Å². The molecule has 3 heterocycles. The third kappa shape index (κ3) is 8.71. The van der Waals surface area contributed by atoms with Gasteiger partial charge in [0.15, 0.2) is 5.96 Å². The second-order valence-electron chi connectivity index (χ2n) is 12.0. The molecule has 4 atom stereocenters. The number of para-hydroxylation sites is 1. The van der Waals surface area contributed by atoms with Gasteiger partial charge in [-0.2, -0.15) is 0 Å². The van der Waals surface area contributed by atoms with E-state index in [0.717, 1.165) is 29.3 Å². The Morgan fingerprint density at radius 2 is 1.86 bits per heavy atom. The molecule has 0 aliphatic carbocycles. The fraction of sp³-hybridized carbons (Fsp3) is 0.581. The van der Waals surface area contributed by atoms with E-state index in [9.17, 15) is 19.2 Å². The van der Waals surface area contributed by atoms with Crippen LogP contribution in [0.1, 0.15) is 70.8 Å². The van der Waals surface area contributed by atoms with Crippen molar-refractivity contribution >= 4 is 40.6 Å². The average Bonchev–Trinajstić information content (AvgIpc) is 3.61. The number of rotatable bonds is 10. The average molecular weight is 596 g/mol. The lowest BCUT2D eigenvalue weighted by Gasteiger charge is -2.29. The molecule has 1 aromatic carbocycles. The maximum atomic E-state index is 14.0. The summed E-state index contributed by atoms with van der Waals surface area (Å²) in [6.07, 6.45) is 5.24. The monoisotopic (exact) mass is 595 g/mol. The smallest absolute Gasteiger partial charge is 0.328 e. The van der Waals surface area contributed by atoms with Gasteiger partial charge < -0.3 is 36.7 Å². The summed E-state index contributed by atoms with van der Waals surface area (Å²) in [6, 6.07) is 5.17. The van der Waals surface area contributed by atoms with Gasteiger partial charge in [-0.25, -0.2) is 4.79 Å². The summed E-state index contributed by atoms with van der Waals surface area (Å²) in [4.78, 5) is 63.2. The van der Waals surface area contributed by atoms with E-state index < -0.39 is 36.1 Å². The zero-order valence-corrected chi connectivity index (χ0v) is 25.1. The van der Waals surface area contributed by atoms with E-state index >= 15 is 0 Å². The van der Waals surface area contributed by atoms with Crippen LogP contribution in [0.3, 0.4) is 0 Å². The number of ether oxygens (including phenoxy) is 1. The first-order chi connectivity index (χ1) is 20.6.